The van der Waals surface area contributed by atoms with Crippen LogP contribution in [0.3, 0.4) is 0 Å². The number of halogens is 1. The van der Waals surface area contributed by atoms with Crippen LogP contribution in [-0.2, 0) is 0 Å². The molecule has 0 N–H and O–H groups in total. The van der Waals surface area contributed by atoms with Gasteiger partial charge in [-0.15, -0.1) is 0 Å². The predicted molar refractivity (Wildman–Crippen MR) is 57.5 cm³/mol. The van der Waals surface area contributed by atoms with Gasteiger partial charge in [0.1, 0.15) is 5.15 Å². The third-order valence-electron chi connectivity index (χ3n) is 4.00. The Kier molecular flexibility index (Phi) is 1.85. The van der Waals surface area contributed by atoms with Gasteiger partial charge in [0.25, 0.3) is 0 Å². The fraction of sp³-hybridized carbons (Fsp3) is 0.583. The van der Waals surface area contributed by atoms with Crippen molar-refractivity contribution in [1.29, 1.82) is 0 Å². The standard InChI is InChI=1S/C12H14ClN/c13-11-6-9(2-5-14-11)10-7-12(8-10)3-1-4-12/h2,5-6,10H,1,3-4,7-8H2. The van der Waals surface area contributed by atoms with Crippen LogP contribution in [0.1, 0.15) is 43.6 Å². The van der Waals surface area contributed by atoms with E-state index in [1.165, 1.54) is 37.7 Å². The molecule has 0 radical (unpaired) electrons. The molecule has 1 aromatic heterocycles. The van der Waals surface area contributed by atoms with E-state index in [1.54, 1.807) is 0 Å². The molecule has 3 rings (SSSR count). The molecule has 1 spiro atoms. The highest BCUT2D eigenvalue weighted by Crippen LogP contribution is 2.61. The van der Waals surface area contributed by atoms with Crippen LogP contribution in [0.4, 0.5) is 0 Å². The molecule has 0 bridgehead atoms. The minimum Gasteiger partial charge on any atom is -0.245 e. The maximum atomic E-state index is 5.88. The largest absolute Gasteiger partial charge is 0.245 e. The maximum absolute atomic E-state index is 5.88. The lowest BCUT2D eigenvalue weighted by Gasteiger charge is -2.54. The second-order valence-corrected chi connectivity index (χ2v) is 5.26. The third kappa shape index (κ3) is 1.26. The zero-order valence-corrected chi connectivity index (χ0v) is 8.93. The van der Waals surface area contributed by atoms with Gasteiger partial charge >= 0.3 is 0 Å². The van der Waals surface area contributed by atoms with Crippen molar-refractivity contribution in [2.24, 2.45) is 5.41 Å². The number of pyridine rings is 1. The Hall–Kier alpha value is -0.560. The normalized spacial score (nSPS) is 24.4. The topological polar surface area (TPSA) is 12.9 Å². The van der Waals surface area contributed by atoms with E-state index < -0.39 is 0 Å². The van der Waals surface area contributed by atoms with Gasteiger partial charge in [-0.05, 0) is 54.7 Å². The highest BCUT2D eigenvalue weighted by atomic mass is 35.5. The molecule has 1 nitrogen and oxygen atoms in total. The van der Waals surface area contributed by atoms with E-state index >= 15 is 0 Å². The van der Waals surface area contributed by atoms with Crippen molar-refractivity contribution < 1.29 is 0 Å². The van der Waals surface area contributed by atoms with Crippen molar-refractivity contribution >= 4 is 11.6 Å². The monoisotopic (exact) mass is 207 g/mol. The summed E-state index contributed by atoms with van der Waals surface area (Å²) >= 11 is 5.88. The molecule has 1 heterocycles. The molecule has 2 fully saturated rings. The van der Waals surface area contributed by atoms with Crippen molar-refractivity contribution in [2.75, 3.05) is 0 Å². The van der Waals surface area contributed by atoms with Gasteiger partial charge in [-0.25, -0.2) is 4.98 Å². The van der Waals surface area contributed by atoms with Crippen molar-refractivity contribution in [3.63, 3.8) is 0 Å². The molecule has 74 valence electrons. The van der Waals surface area contributed by atoms with E-state index in [0.717, 1.165) is 11.3 Å². The summed E-state index contributed by atoms with van der Waals surface area (Å²) in [5.74, 6) is 0.760. The SMILES string of the molecule is Clc1cc(C2CC3(CCC3)C2)ccn1. The lowest BCUT2D eigenvalue weighted by Crippen LogP contribution is -2.41. The summed E-state index contributed by atoms with van der Waals surface area (Å²) in [6.07, 6.45) is 8.96. The fourth-order valence-corrected chi connectivity index (χ4v) is 3.16. The first-order valence-electron chi connectivity index (χ1n) is 5.39. The summed E-state index contributed by atoms with van der Waals surface area (Å²) < 4.78 is 0. The van der Waals surface area contributed by atoms with Crippen LogP contribution in [0.25, 0.3) is 0 Å². The van der Waals surface area contributed by atoms with Gasteiger partial charge in [-0.2, -0.15) is 0 Å². The van der Waals surface area contributed by atoms with Crippen molar-refractivity contribution in [3.8, 4) is 0 Å². The molecule has 0 atom stereocenters. The molecule has 0 saturated heterocycles. The molecule has 2 aliphatic rings. The molecule has 0 amide bonds. The zero-order valence-electron chi connectivity index (χ0n) is 8.17. The van der Waals surface area contributed by atoms with E-state index in [4.69, 9.17) is 11.6 Å². The van der Waals surface area contributed by atoms with Crippen LogP contribution in [0.5, 0.6) is 0 Å². The Morgan fingerprint density at radius 2 is 2.14 bits per heavy atom. The molecule has 2 aliphatic carbocycles. The summed E-state index contributed by atoms with van der Waals surface area (Å²) in [7, 11) is 0. The number of nitrogens with zero attached hydrogens (tertiary/aromatic N) is 1. The van der Waals surface area contributed by atoms with E-state index in [9.17, 15) is 0 Å². The van der Waals surface area contributed by atoms with Crippen LogP contribution in [0.15, 0.2) is 18.3 Å². The number of rotatable bonds is 1. The average molecular weight is 208 g/mol. The summed E-state index contributed by atoms with van der Waals surface area (Å²) in [5.41, 5.74) is 2.14. The number of hydrogen-bond acceptors (Lipinski definition) is 1. The van der Waals surface area contributed by atoms with Crippen molar-refractivity contribution in [1.82, 2.24) is 4.98 Å². The molecule has 2 saturated carbocycles. The van der Waals surface area contributed by atoms with Gasteiger partial charge in [-0.1, -0.05) is 18.0 Å². The second-order valence-electron chi connectivity index (χ2n) is 4.87. The highest BCUT2D eigenvalue weighted by molar-refractivity contribution is 6.29. The minimum atomic E-state index is 0.636. The first-order chi connectivity index (χ1) is 6.77. The quantitative estimate of drug-likeness (QED) is 0.639. The minimum absolute atomic E-state index is 0.636. The molecule has 14 heavy (non-hydrogen) atoms. The molecule has 0 unspecified atom stereocenters. The van der Waals surface area contributed by atoms with Gasteiger partial charge in [0, 0.05) is 6.20 Å². The van der Waals surface area contributed by atoms with Gasteiger partial charge in [0.05, 0.1) is 0 Å². The van der Waals surface area contributed by atoms with Gasteiger partial charge in [-0.3, -0.25) is 0 Å². The predicted octanol–water partition coefficient (Wildman–Crippen LogP) is 3.78. The van der Waals surface area contributed by atoms with Crippen LogP contribution in [0.2, 0.25) is 5.15 Å². The Balaban J connectivity index is 1.73. The summed E-state index contributed by atoms with van der Waals surface area (Å²) in [6, 6.07) is 4.14. The molecule has 1 aromatic rings. The van der Waals surface area contributed by atoms with Crippen LogP contribution in [0, 0.1) is 5.41 Å². The molecule has 0 aliphatic heterocycles. The fourth-order valence-electron chi connectivity index (χ4n) is 2.98. The summed E-state index contributed by atoms with van der Waals surface area (Å²) in [4.78, 5) is 4.02. The number of aromatic nitrogens is 1. The molecular weight excluding hydrogens is 194 g/mol. The maximum Gasteiger partial charge on any atom is 0.129 e. The first kappa shape index (κ1) is 8.72. The Morgan fingerprint density at radius 3 is 2.71 bits per heavy atom. The zero-order chi connectivity index (χ0) is 9.60. The number of hydrogen-bond donors (Lipinski definition) is 0. The second kappa shape index (κ2) is 2.96. The smallest absolute Gasteiger partial charge is 0.129 e. The van der Waals surface area contributed by atoms with Gasteiger partial charge in [0.15, 0.2) is 0 Å². The molecular formula is C12H14ClN. The van der Waals surface area contributed by atoms with Gasteiger partial charge in [0.2, 0.25) is 0 Å². The summed E-state index contributed by atoms with van der Waals surface area (Å²) in [6.45, 7) is 0. The van der Waals surface area contributed by atoms with Gasteiger partial charge < -0.3 is 0 Å². The van der Waals surface area contributed by atoms with Crippen LogP contribution in [-0.4, -0.2) is 4.98 Å². The third-order valence-corrected chi connectivity index (χ3v) is 4.20. The van der Waals surface area contributed by atoms with Crippen LogP contribution < -0.4 is 0 Å². The van der Waals surface area contributed by atoms with Crippen LogP contribution >= 0.6 is 11.6 Å². The van der Waals surface area contributed by atoms with Crippen molar-refractivity contribution in [2.45, 2.75) is 38.0 Å². The lowest BCUT2D eigenvalue weighted by molar-refractivity contribution is 0.00898. The molecule has 0 aromatic carbocycles. The molecule has 2 heteroatoms. The Morgan fingerprint density at radius 1 is 1.36 bits per heavy atom. The lowest BCUT2D eigenvalue weighted by atomic mass is 9.51. The van der Waals surface area contributed by atoms with E-state index in [1.807, 2.05) is 12.3 Å². The van der Waals surface area contributed by atoms with E-state index in [2.05, 4.69) is 11.1 Å². The highest BCUT2D eigenvalue weighted by Gasteiger charge is 2.48. The average Bonchev–Trinajstić information content (AvgIpc) is 1.98. The summed E-state index contributed by atoms with van der Waals surface area (Å²) in [5, 5.41) is 0.636. The van der Waals surface area contributed by atoms with E-state index in [-0.39, 0.29) is 0 Å². The Labute approximate surface area is 89.5 Å². The Bertz CT molecular complexity index is 349. The van der Waals surface area contributed by atoms with Crippen molar-refractivity contribution in [3.05, 3.63) is 29.0 Å². The van der Waals surface area contributed by atoms with E-state index in [0.29, 0.717) is 5.15 Å². The first-order valence-corrected chi connectivity index (χ1v) is 5.77.